The van der Waals surface area contributed by atoms with Crippen molar-refractivity contribution in [2.24, 2.45) is 0 Å². The number of aliphatic carboxylic acids is 1. The van der Waals surface area contributed by atoms with E-state index in [1.54, 1.807) is 30.3 Å². The van der Waals surface area contributed by atoms with Gasteiger partial charge in [-0.25, -0.2) is 4.79 Å². The van der Waals surface area contributed by atoms with Gasteiger partial charge in [0.15, 0.2) is 6.23 Å². The van der Waals surface area contributed by atoms with E-state index in [4.69, 9.17) is 14.6 Å². The molecule has 0 spiro atoms. The summed E-state index contributed by atoms with van der Waals surface area (Å²) in [7, 11) is 0. The number of rotatable bonds is 14. The van der Waals surface area contributed by atoms with Gasteiger partial charge in [0.25, 0.3) is 5.91 Å². The number of anilines is 1. The first-order valence-corrected chi connectivity index (χ1v) is 16.4. The summed E-state index contributed by atoms with van der Waals surface area (Å²) in [6, 6.07) is 30.1. The molecule has 1 amide bonds. The highest BCUT2D eigenvalue weighted by atomic mass is 16.6. The Hall–Kier alpha value is -5.65. The van der Waals surface area contributed by atoms with Gasteiger partial charge in [-0.1, -0.05) is 105 Å². The number of carbonyl (C=O) groups excluding carboxylic acids is 2. The molecule has 2 heterocycles. The molecule has 0 bridgehead atoms. The summed E-state index contributed by atoms with van der Waals surface area (Å²) < 4.78 is 13.3. The van der Waals surface area contributed by atoms with Gasteiger partial charge in [-0.2, -0.15) is 4.98 Å². The lowest BCUT2D eigenvalue weighted by Gasteiger charge is -2.51. The van der Waals surface area contributed by atoms with E-state index in [9.17, 15) is 19.2 Å². The summed E-state index contributed by atoms with van der Waals surface area (Å²) >= 11 is 0. The van der Waals surface area contributed by atoms with Crippen LogP contribution in [-0.2, 0) is 24.6 Å². The average molecular weight is 677 g/mol. The number of morpholine rings is 1. The third kappa shape index (κ3) is 8.13. The Morgan fingerprint density at radius 1 is 0.960 bits per heavy atom. The van der Waals surface area contributed by atoms with Crippen molar-refractivity contribution in [1.29, 1.82) is 0 Å². The molecular formula is C39H40N4O7. The summed E-state index contributed by atoms with van der Waals surface area (Å²) in [6.07, 6.45) is 3.93. The standard InChI is InChI=1S/C39H40N4O7/c1-3-14-29(4-2)39(30-17-10-6-11-18-30,31-19-12-7-13-20-31)42-25-32(27-49-36(46)22-21-35(44)45)50-34(26-42)43-24-23-33(41-38(43)48)40-37(47)28-15-8-5-9-16-28/h4-20,23-24,32,34H,2-3,21-22,25-27H2,1H3,(H,44,45)(H,40,41,47,48)/b29-14+/t32-,34+/m0/s1. The largest absolute Gasteiger partial charge is 0.481 e. The van der Waals surface area contributed by atoms with Crippen LogP contribution in [0.5, 0.6) is 0 Å². The van der Waals surface area contributed by atoms with Crippen LogP contribution < -0.4 is 11.0 Å². The van der Waals surface area contributed by atoms with Gasteiger partial charge in [0, 0.05) is 24.8 Å². The minimum absolute atomic E-state index is 0.0828. The van der Waals surface area contributed by atoms with Gasteiger partial charge in [-0.15, -0.1) is 0 Å². The Balaban J connectivity index is 1.57. The van der Waals surface area contributed by atoms with Crippen LogP contribution in [0.15, 0.2) is 132 Å². The zero-order valence-corrected chi connectivity index (χ0v) is 27.8. The molecule has 1 aromatic heterocycles. The van der Waals surface area contributed by atoms with Crippen LogP contribution in [0.1, 0.15) is 53.9 Å². The van der Waals surface area contributed by atoms with Crippen molar-refractivity contribution < 1.29 is 29.0 Å². The first-order chi connectivity index (χ1) is 24.3. The molecule has 11 heteroatoms. The molecular weight excluding hydrogens is 636 g/mol. The Labute approximate surface area is 290 Å². The molecule has 11 nitrogen and oxygen atoms in total. The van der Waals surface area contributed by atoms with Gasteiger partial charge in [-0.3, -0.25) is 23.9 Å². The number of carboxylic acids is 1. The fraction of sp³-hybridized carbons (Fsp3) is 0.256. The predicted molar refractivity (Wildman–Crippen MR) is 188 cm³/mol. The second-order valence-corrected chi connectivity index (χ2v) is 11.7. The van der Waals surface area contributed by atoms with E-state index in [0.717, 1.165) is 23.1 Å². The van der Waals surface area contributed by atoms with E-state index >= 15 is 0 Å². The number of nitrogens with one attached hydrogen (secondary N) is 1. The van der Waals surface area contributed by atoms with Crippen molar-refractivity contribution in [2.45, 2.75) is 44.1 Å². The van der Waals surface area contributed by atoms with Gasteiger partial charge in [0.1, 0.15) is 18.5 Å². The van der Waals surface area contributed by atoms with Crippen molar-refractivity contribution in [3.8, 4) is 0 Å². The van der Waals surface area contributed by atoms with Crippen LogP contribution in [0.4, 0.5) is 5.82 Å². The number of aromatic nitrogens is 2. The average Bonchev–Trinajstić information content (AvgIpc) is 3.14. The lowest BCUT2D eigenvalue weighted by molar-refractivity contribution is -0.171. The van der Waals surface area contributed by atoms with Crippen molar-refractivity contribution in [3.05, 3.63) is 155 Å². The number of esters is 1. The molecule has 2 atom stereocenters. The minimum atomic E-state index is -1.10. The van der Waals surface area contributed by atoms with Crippen LogP contribution in [0.3, 0.4) is 0 Å². The smallest absolute Gasteiger partial charge is 0.351 e. The molecule has 258 valence electrons. The lowest BCUT2D eigenvalue weighted by atomic mass is 9.74. The summed E-state index contributed by atoms with van der Waals surface area (Å²) in [5.74, 6) is -2.10. The molecule has 1 aliphatic heterocycles. The molecule has 0 radical (unpaired) electrons. The molecule has 3 aromatic carbocycles. The highest BCUT2D eigenvalue weighted by Gasteiger charge is 2.47. The minimum Gasteiger partial charge on any atom is -0.481 e. The van der Waals surface area contributed by atoms with Gasteiger partial charge >= 0.3 is 17.6 Å². The summed E-state index contributed by atoms with van der Waals surface area (Å²) in [4.78, 5) is 56.3. The maximum atomic E-state index is 13.6. The van der Waals surface area contributed by atoms with Crippen molar-refractivity contribution in [2.75, 3.05) is 25.0 Å². The number of benzene rings is 3. The number of amides is 1. The molecule has 1 fully saturated rings. The van der Waals surface area contributed by atoms with Crippen LogP contribution in [-0.4, -0.2) is 63.2 Å². The monoisotopic (exact) mass is 676 g/mol. The summed E-state index contributed by atoms with van der Waals surface area (Å²) in [5, 5.41) is 11.7. The van der Waals surface area contributed by atoms with E-state index in [1.165, 1.54) is 16.8 Å². The predicted octanol–water partition coefficient (Wildman–Crippen LogP) is 5.57. The number of hydrogen-bond acceptors (Lipinski definition) is 8. The highest BCUT2D eigenvalue weighted by Crippen LogP contribution is 2.45. The van der Waals surface area contributed by atoms with Crippen molar-refractivity contribution in [1.82, 2.24) is 14.5 Å². The molecule has 0 saturated carbocycles. The van der Waals surface area contributed by atoms with Gasteiger partial charge in [-0.05, 0) is 41.3 Å². The Bertz CT molecular complexity index is 1840. The van der Waals surface area contributed by atoms with Crippen LogP contribution >= 0.6 is 0 Å². The van der Waals surface area contributed by atoms with Crippen molar-refractivity contribution in [3.63, 3.8) is 0 Å². The highest BCUT2D eigenvalue weighted by molar-refractivity contribution is 6.03. The fourth-order valence-electron chi connectivity index (χ4n) is 6.29. The number of allylic oxidation sites excluding steroid dienone is 1. The molecule has 2 N–H and O–H groups in total. The molecule has 50 heavy (non-hydrogen) atoms. The second kappa shape index (κ2) is 16.6. The Kier molecular flexibility index (Phi) is 11.9. The van der Waals surface area contributed by atoms with E-state index in [0.29, 0.717) is 5.56 Å². The molecule has 5 rings (SSSR count). The van der Waals surface area contributed by atoms with Crippen LogP contribution in [0, 0.1) is 0 Å². The van der Waals surface area contributed by atoms with Gasteiger partial charge in [0.2, 0.25) is 0 Å². The number of nitrogens with zero attached hydrogens (tertiary/aromatic N) is 3. The summed E-state index contributed by atoms with van der Waals surface area (Å²) in [6.45, 7) is 6.56. The lowest BCUT2D eigenvalue weighted by Crippen LogP contribution is -2.58. The van der Waals surface area contributed by atoms with E-state index in [2.05, 4.69) is 34.8 Å². The third-order valence-electron chi connectivity index (χ3n) is 8.46. The van der Waals surface area contributed by atoms with E-state index < -0.39 is 41.4 Å². The van der Waals surface area contributed by atoms with Gasteiger partial charge in [0.05, 0.1) is 18.4 Å². The van der Waals surface area contributed by atoms with Crippen molar-refractivity contribution >= 4 is 23.7 Å². The number of carboxylic acid groups (broad SMARTS) is 1. The van der Waals surface area contributed by atoms with Crippen LogP contribution in [0.25, 0.3) is 0 Å². The SMILES string of the molecule is C=C/C(=C\CC)C(c1ccccc1)(c1ccccc1)N1C[C@@H](COC(=O)CCC(=O)O)O[C@@H](n2ccc(NC(=O)c3ccccc3)nc2=O)C1. The maximum Gasteiger partial charge on any atom is 0.351 e. The Morgan fingerprint density at radius 3 is 2.14 bits per heavy atom. The molecule has 4 aromatic rings. The topological polar surface area (TPSA) is 140 Å². The Morgan fingerprint density at radius 2 is 1.58 bits per heavy atom. The second-order valence-electron chi connectivity index (χ2n) is 11.7. The fourth-order valence-corrected chi connectivity index (χ4v) is 6.29. The molecule has 1 saturated heterocycles. The van der Waals surface area contributed by atoms with E-state index in [1.807, 2.05) is 66.7 Å². The zero-order valence-electron chi connectivity index (χ0n) is 27.8. The van der Waals surface area contributed by atoms with Crippen LogP contribution in [0.2, 0.25) is 0 Å². The third-order valence-corrected chi connectivity index (χ3v) is 8.46. The van der Waals surface area contributed by atoms with E-state index in [-0.39, 0.29) is 38.4 Å². The zero-order chi connectivity index (χ0) is 35.5. The number of carbonyl (C=O) groups is 3. The molecule has 1 aliphatic rings. The summed E-state index contributed by atoms with van der Waals surface area (Å²) in [5.41, 5.74) is 1.68. The molecule has 0 aliphatic carbocycles. The van der Waals surface area contributed by atoms with Gasteiger partial charge < -0.3 is 19.9 Å². The first-order valence-electron chi connectivity index (χ1n) is 16.4. The number of ether oxygens (including phenoxy) is 2. The maximum absolute atomic E-state index is 13.6. The number of hydrogen-bond donors (Lipinski definition) is 2. The normalized spacial score (nSPS) is 16.7. The quantitative estimate of drug-likeness (QED) is 0.130. The first kappa shape index (κ1) is 35.7. The molecule has 0 unspecified atom stereocenters.